The lowest BCUT2D eigenvalue weighted by atomic mass is 10.00. The second-order valence-corrected chi connectivity index (χ2v) is 34.1. The van der Waals surface area contributed by atoms with Crippen molar-refractivity contribution in [2.24, 2.45) is 23.7 Å². The van der Waals surface area contributed by atoms with Crippen LogP contribution in [-0.4, -0.2) is 96.7 Å². The van der Waals surface area contributed by atoms with Gasteiger partial charge in [-0.15, -0.1) is 0 Å². The molecule has 6 atom stereocenters. The molecule has 0 saturated carbocycles. The number of unbranched alkanes of at least 4 members (excludes halogenated alkanes) is 44. The van der Waals surface area contributed by atoms with Gasteiger partial charge in [-0.3, -0.25) is 37.3 Å². The van der Waals surface area contributed by atoms with Gasteiger partial charge in [-0.05, 0) is 49.4 Å². The lowest BCUT2D eigenvalue weighted by Crippen LogP contribution is -2.30. The summed E-state index contributed by atoms with van der Waals surface area (Å²) in [5.41, 5.74) is 0. The second kappa shape index (κ2) is 71.0. The van der Waals surface area contributed by atoms with Crippen LogP contribution in [0.3, 0.4) is 0 Å². The zero-order valence-electron chi connectivity index (χ0n) is 66.5. The fourth-order valence-corrected chi connectivity index (χ4v) is 14.2. The average Bonchev–Trinajstić information content (AvgIpc) is 0.925. The fraction of sp³-hybridized carbons (Fsp3) is 0.951. The number of phosphoric acid groups is 2. The molecule has 0 aliphatic heterocycles. The monoisotopic (exact) mass is 1480 g/mol. The van der Waals surface area contributed by atoms with E-state index in [0.717, 1.165) is 114 Å². The molecule has 17 nitrogen and oxygen atoms in total. The van der Waals surface area contributed by atoms with Crippen molar-refractivity contribution in [3.63, 3.8) is 0 Å². The molecule has 600 valence electrons. The predicted octanol–water partition coefficient (Wildman–Crippen LogP) is 24.4. The molecule has 0 fully saturated rings. The molecule has 0 aromatic rings. The van der Waals surface area contributed by atoms with Crippen LogP contribution in [0.25, 0.3) is 0 Å². The average molecular weight is 1480 g/mol. The predicted molar refractivity (Wildman–Crippen MR) is 414 cm³/mol. The van der Waals surface area contributed by atoms with Crippen LogP contribution < -0.4 is 0 Å². The van der Waals surface area contributed by atoms with Crippen molar-refractivity contribution in [1.82, 2.24) is 0 Å². The van der Waals surface area contributed by atoms with Crippen molar-refractivity contribution < 1.29 is 80.2 Å². The molecule has 19 heteroatoms. The number of hydrogen-bond acceptors (Lipinski definition) is 15. The maximum absolute atomic E-state index is 13.1. The zero-order valence-corrected chi connectivity index (χ0v) is 68.3. The third kappa shape index (κ3) is 74.7. The first-order valence-corrected chi connectivity index (χ1v) is 45.2. The summed E-state index contributed by atoms with van der Waals surface area (Å²) in [6, 6.07) is 0. The number of ether oxygens (including phenoxy) is 4. The first-order chi connectivity index (χ1) is 48.6. The van der Waals surface area contributed by atoms with Gasteiger partial charge in [0.05, 0.1) is 26.4 Å². The van der Waals surface area contributed by atoms with Crippen molar-refractivity contribution in [1.29, 1.82) is 0 Å². The molecule has 0 saturated heterocycles. The van der Waals surface area contributed by atoms with Crippen LogP contribution >= 0.6 is 15.6 Å². The smallest absolute Gasteiger partial charge is 0.462 e. The Morgan fingerprint density at radius 2 is 0.475 bits per heavy atom. The number of aliphatic hydroxyl groups excluding tert-OH is 1. The number of carbonyl (C=O) groups excluding carboxylic acids is 4. The summed E-state index contributed by atoms with van der Waals surface area (Å²) in [7, 11) is -9.92. The first-order valence-electron chi connectivity index (χ1n) is 42.2. The Hall–Kier alpha value is -1.94. The van der Waals surface area contributed by atoms with Crippen LogP contribution in [0.15, 0.2) is 0 Å². The number of hydrogen-bond donors (Lipinski definition) is 3. The molecule has 0 aromatic heterocycles. The Bertz CT molecular complexity index is 1970. The van der Waals surface area contributed by atoms with Gasteiger partial charge in [-0.25, -0.2) is 9.13 Å². The van der Waals surface area contributed by atoms with E-state index in [1.807, 2.05) is 0 Å². The SMILES string of the molecule is CCC(C)CCCCCCCCC(=O)OC[C@H](COP(=O)(O)OC[C@H](O)COP(=O)(O)OC[C@@H](COC(=O)CCCCCCCCCCCCCCCCCCCCC(C)C)OC(=O)CCCCCCCCCCCCCCCCCCCCC(C)C)OC(=O)CCCCCCCCC(C)C. The van der Waals surface area contributed by atoms with Crippen molar-refractivity contribution in [2.75, 3.05) is 39.6 Å². The normalized spacial score (nSPS) is 14.3. The highest BCUT2D eigenvalue weighted by molar-refractivity contribution is 7.47. The minimum absolute atomic E-state index is 0.101. The maximum atomic E-state index is 13.1. The van der Waals surface area contributed by atoms with Gasteiger partial charge in [0.2, 0.25) is 0 Å². The maximum Gasteiger partial charge on any atom is 0.472 e. The van der Waals surface area contributed by atoms with Gasteiger partial charge in [0.15, 0.2) is 12.2 Å². The topological polar surface area (TPSA) is 237 Å². The summed E-state index contributed by atoms with van der Waals surface area (Å²) in [5.74, 6) is 0.923. The fourth-order valence-electron chi connectivity index (χ4n) is 12.6. The summed E-state index contributed by atoms with van der Waals surface area (Å²) in [5, 5.41) is 10.6. The summed E-state index contributed by atoms with van der Waals surface area (Å²) < 4.78 is 68.6. The molecule has 0 aliphatic carbocycles. The minimum atomic E-state index is -4.96. The largest absolute Gasteiger partial charge is 0.472 e. The van der Waals surface area contributed by atoms with Crippen LogP contribution in [-0.2, 0) is 65.4 Å². The minimum Gasteiger partial charge on any atom is -0.462 e. The Balaban J connectivity index is 5.17. The first kappa shape index (κ1) is 99.1. The second-order valence-electron chi connectivity index (χ2n) is 31.2. The summed E-state index contributed by atoms with van der Waals surface area (Å²) in [6.45, 7) is 14.2. The van der Waals surface area contributed by atoms with Crippen molar-refractivity contribution in [2.45, 2.75) is 440 Å². The highest BCUT2D eigenvalue weighted by Gasteiger charge is 2.30. The van der Waals surface area contributed by atoms with Crippen molar-refractivity contribution in [3.05, 3.63) is 0 Å². The van der Waals surface area contributed by atoms with Crippen LogP contribution in [0.5, 0.6) is 0 Å². The van der Waals surface area contributed by atoms with Gasteiger partial charge in [-0.2, -0.15) is 0 Å². The number of phosphoric ester groups is 2. The van der Waals surface area contributed by atoms with E-state index in [1.165, 1.54) is 218 Å². The van der Waals surface area contributed by atoms with E-state index in [-0.39, 0.29) is 25.7 Å². The van der Waals surface area contributed by atoms with E-state index in [9.17, 15) is 43.2 Å². The number of carbonyl (C=O) groups is 4. The Morgan fingerprint density at radius 3 is 0.703 bits per heavy atom. The van der Waals surface area contributed by atoms with Gasteiger partial charge in [-0.1, -0.05) is 370 Å². The van der Waals surface area contributed by atoms with Gasteiger partial charge in [0.25, 0.3) is 0 Å². The molecule has 0 bridgehead atoms. The van der Waals surface area contributed by atoms with E-state index < -0.39 is 97.5 Å². The van der Waals surface area contributed by atoms with Gasteiger partial charge >= 0.3 is 39.5 Å². The van der Waals surface area contributed by atoms with E-state index in [0.29, 0.717) is 31.6 Å². The molecule has 0 amide bonds. The molecule has 0 heterocycles. The van der Waals surface area contributed by atoms with Crippen LogP contribution in [0, 0.1) is 23.7 Å². The van der Waals surface area contributed by atoms with Crippen LogP contribution in [0.2, 0.25) is 0 Å². The highest BCUT2D eigenvalue weighted by Crippen LogP contribution is 2.45. The molecule has 0 radical (unpaired) electrons. The van der Waals surface area contributed by atoms with Gasteiger partial charge in [0, 0.05) is 25.7 Å². The van der Waals surface area contributed by atoms with E-state index in [4.69, 9.17) is 37.0 Å². The van der Waals surface area contributed by atoms with Crippen molar-refractivity contribution in [3.8, 4) is 0 Å². The quantitative estimate of drug-likeness (QED) is 0.0222. The zero-order chi connectivity index (χ0) is 74.6. The molecule has 3 unspecified atom stereocenters. The summed E-state index contributed by atoms with van der Waals surface area (Å²) in [6.07, 6.45) is 58.8. The molecular formula is C82H160O17P2. The Kier molecular flexibility index (Phi) is 69.6. The Labute approximate surface area is 619 Å². The molecule has 0 spiro atoms. The lowest BCUT2D eigenvalue weighted by Gasteiger charge is -2.21. The Morgan fingerprint density at radius 1 is 0.277 bits per heavy atom. The molecule has 0 aromatic carbocycles. The van der Waals surface area contributed by atoms with Crippen LogP contribution in [0.4, 0.5) is 0 Å². The number of rotatable bonds is 79. The number of aliphatic hydroxyl groups is 1. The number of esters is 4. The lowest BCUT2D eigenvalue weighted by molar-refractivity contribution is -0.161. The molecule has 0 rings (SSSR count). The molecular weight excluding hydrogens is 1320 g/mol. The molecule has 0 aliphatic rings. The third-order valence-corrected chi connectivity index (χ3v) is 21.3. The standard InChI is InChI=1S/C82H160O17P2/c1-9-75(8)61-53-45-39-41-47-55-63-80(85)93-69-78(99-82(87)65-57-49-40-38-44-52-60-74(6)7)71-97-101(90,91)95-67-76(83)66-94-100(88,89)96-70-77(98-81(86)64-56-48-37-33-29-25-21-17-13-11-15-19-23-27-31-35-43-51-59-73(4)5)68-92-79(84)62-54-46-36-32-28-24-20-16-12-10-14-18-22-26-30-34-42-50-58-72(2)3/h72-78,83H,9-71H2,1-8H3,(H,88,89)(H,90,91)/t75?,76-,77-,78-/m1/s1. The molecule has 3 N–H and O–H groups in total. The third-order valence-electron chi connectivity index (χ3n) is 19.4. The van der Waals surface area contributed by atoms with E-state index in [1.54, 1.807) is 0 Å². The van der Waals surface area contributed by atoms with Gasteiger partial charge < -0.3 is 33.8 Å². The van der Waals surface area contributed by atoms with Crippen molar-refractivity contribution >= 4 is 39.5 Å². The van der Waals surface area contributed by atoms with E-state index in [2.05, 4.69) is 55.4 Å². The van der Waals surface area contributed by atoms with E-state index >= 15 is 0 Å². The van der Waals surface area contributed by atoms with Gasteiger partial charge in [0.1, 0.15) is 19.3 Å². The summed E-state index contributed by atoms with van der Waals surface area (Å²) >= 11 is 0. The summed E-state index contributed by atoms with van der Waals surface area (Å²) in [4.78, 5) is 72.9. The molecule has 101 heavy (non-hydrogen) atoms. The highest BCUT2D eigenvalue weighted by atomic mass is 31.2. The van der Waals surface area contributed by atoms with Crippen LogP contribution in [0.1, 0.15) is 421 Å².